The first-order valence-corrected chi connectivity index (χ1v) is 12.1. The fourth-order valence-corrected chi connectivity index (χ4v) is 4.52. The zero-order valence-corrected chi connectivity index (χ0v) is 20.3. The molecular weight excluding hydrogens is 494 g/mol. The molecule has 4 rings (SSSR count). The van der Waals surface area contributed by atoms with Crippen LogP contribution in [0.4, 0.5) is 5.69 Å². The number of nitriles is 1. The summed E-state index contributed by atoms with van der Waals surface area (Å²) in [6, 6.07) is 29.6. The molecule has 0 saturated carbocycles. The van der Waals surface area contributed by atoms with Crippen LogP contribution in [0.2, 0.25) is 0 Å². The van der Waals surface area contributed by atoms with Crippen molar-refractivity contribution in [1.29, 1.82) is 5.26 Å². The number of benzene rings is 3. The first-order chi connectivity index (χ1) is 16.0. The number of nitrogens with one attached hydrogen (secondary N) is 1. The number of para-hydroxylation sites is 1. The number of aryl methyl sites for hydroxylation is 1. The number of hydrogen-bond acceptors (Lipinski definition) is 4. The molecule has 0 aliphatic heterocycles. The predicted octanol–water partition coefficient (Wildman–Crippen LogP) is 7.09. The number of aromatic nitrogens is 1. The van der Waals surface area contributed by atoms with Crippen LogP contribution in [-0.4, -0.2) is 16.6 Å². The van der Waals surface area contributed by atoms with E-state index in [-0.39, 0.29) is 11.7 Å². The molecule has 6 heteroatoms. The van der Waals surface area contributed by atoms with E-state index in [1.165, 1.54) is 11.8 Å². The summed E-state index contributed by atoms with van der Waals surface area (Å²) in [6.07, 6.45) is 0. The van der Waals surface area contributed by atoms with E-state index in [1.807, 2.05) is 91.9 Å². The van der Waals surface area contributed by atoms with Gasteiger partial charge in [-0.15, -0.1) is 0 Å². The van der Waals surface area contributed by atoms with E-state index in [9.17, 15) is 10.1 Å². The molecular formula is C27H20BrN3OS. The molecule has 0 spiro atoms. The van der Waals surface area contributed by atoms with Crippen molar-refractivity contribution in [3.05, 3.63) is 101 Å². The number of pyridine rings is 1. The second-order valence-electron chi connectivity index (χ2n) is 7.40. The highest BCUT2D eigenvalue weighted by molar-refractivity contribution is 9.10. The Morgan fingerprint density at radius 1 is 1.00 bits per heavy atom. The number of hydrogen-bond donors (Lipinski definition) is 1. The van der Waals surface area contributed by atoms with E-state index in [4.69, 9.17) is 4.98 Å². The maximum atomic E-state index is 12.6. The summed E-state index contributed by atoms with van der Waals surface area (Å²) in [5.41, 5.74) is 5.80. The zero-order valence-electron chi connectivity index (χ0n) is 17.9. The fraction of sp³-hybridized carbons (Fsp3) is 0.0741. The number of amides is 1. The van der Waals surface area contributed by atoms with Gasteiger partial charge in [0.05, 0.1) is 22.7 Å². The first-order valence-electron chi connectivity index (χ1n) is 10.3. The van der Waals surface area contributed by atoms with Gasteiger partial charge in [0.15, 0.2) is 0 Å². The van der Waals surface area contributed by atoms with Crippen LogP contribution in [0.15, 0.2) is 94.4 Å². The molecule has 4 nitrogen and oxygen atoms in total. The molecule has 0 saturated heterocycles. The highest BCUT2D eigenvalue weighted by atomic mass is 79.9. The third kappa shape index (κ3) is 5.51. The van der Waals surface area contributed by atoms with Crippen molar-refractivity contribution in [2.24, 2.45) is 0 Å². The molecule has 0 aliphatic carbocycles. The van der Waals surface area contributed by atoms with Crippen LogP contribution in [0, 0.1) is 18.3 Å². The molecule has 162 valence electrons. The van der Waals surface area contributed by atoms with E-state index < -0.39 is 0 Å². The van der Waals surface area contributed by atoms with E-state index in [0.29, 0.717) is 16.3 Å². The average molecular weight is 514 g/mol. The van der Waals surface area contributed by atoms with Crippen molar-refractivity contribution in [2.75, 3.05) is 11.1 Å². The summed E-state index contributed by atoms with van der Waals surface area (Å²) in [6.45, 7) is 2.04. The van der Waals surface area contributed by atoms with Crippen molar-refractivity contribution in [1.82, 2.24) is 4.98 Å². The van der Waals surface area contributed by atoms with Crippen LogP contribution in [-0.2, 0) is 4.79 Å². The monoisotopic (exact) mass is 513 g/mol. The third-order valence-electron chi connectivity index (χ3n) is 5.02. The Labute approximate surface area is 205 Å². The van der Waals surface area contributed by atoms with E-state index in [0.717, 1.165) is 32.4 Å². The maximum absolute atomic E-state index is 12.6. The largest absolute Gasteiger partial charge is 0.324 e. The van der Waals surface area contributed by atoms with Gasteiger partial charge in [0.1, 0.15) is 11.1 Å². The van der Waals surface area contributed by atoms with Crippen molar-refractivity contribution in [3.8, 4) is 28.5 Å². The number of rotatable bonds is 6. The Morgan fingerprint density at radius 3 is 2.39 bits per heavy atom. The molecule has 1 N–H and O–H groups in total. The van der Waals surface area contributed by atoms with Gasteiger partial charge in [0.2, 0.25) is 5.91 Å². The van der Waals surface area contributed by atoms with Crippen molar-refractivity contribution in [3.63, 3.8) is 0 Å². The summed E-state index contributed by atoms with van der Waals surface area (Å²) >= 11 is 4.71. The highest BCUT2D eigenvalue weighted by Crippen LogP contribution is 2.34. The maximum Gasteiger partial charge on any atom is 0.234 e. The topological polar surface area (TPSA) is 65.8 Å². The lowest BCUT2D eigenvalue weighted by atomic mass is 9.99. The summed E-state index contributed by atoms with van der Waals surface area (Å²) < 4.78 is 0.812. The SMILES string of the molecule is Cc1ccc(-c2cc(-c3ccccc3)c(C#N)c(SCC(=O)Nc3ccccc3Br)n2)cc1. The Hall–Kier alpha value is -3.40. The van der Waals surface area contributed by atoms with Crippen LogP contribution in [0.5, 0.6) is 0 Å². The van der Waals surface area contributed by atoms with E-state index in [2.05, 4.69) is 27.3 Å². The molecule has 1 aromatic heterocycles. The second kappa shape index (κ2) is 10.5. The summed E-state index contributed by atoms with van der Waals surface area (Å²) in [5, 5.41) is 13.4. The van der Waals surface area contributed by atoms with Gasteiger partial charge in [-0.1, -0.05) is 84.1 Å². The molecule has 0 unspecified atom stereocenters. The lowest BCUT2D eigenvalue weighted by Crippen LogP contribution is -2.14. The van der Waals surface area contributed by atoms with Gasteiger partial charge in [-0.2, -0.15) is 5.26 Å². The van der Waals surface area contributed by atoms with Gasteiger partial charge >= 0.3 is 0 Å². The molecule has 0 radical (unpaired) electrons. The fourth-order valence-electron chi connectivity index (χ4n) is 3.33. The van der Waals surface area contributed by atoms with Gasteiger partial charge in [0.25, 0.3) is 0 Å². The zero-order chi connectivity index (χ0) is 23.2. The third-order valence-corrected chi connectivity index (χ3v) is 6.68. The minimum Gasteiger partial charge on any atom is -0.324 e. The van der Waals surface area contributed by atoms with E-state index in [1.54, 1.807) is 0 Å². The Bertz CT molecular complexity index is 1330. The smallest absolute Gasteiger partial charge is 0.234 e. The second-order valence-corrected chi connectivity index (χ2v) is 9.21. The minimum atomic E-state index is -0.167. The van der Waals surface area contributed by atoms with Crippen molar-refractivity contribution >= 4 is 39.3 Å². The number of anilines is 1. The number of thioether (sulfide) groups is 1. The van der Waals surface area contributed by atoms with Crippen LogP contribution in [0.1, 0.15) is 11.1 Å². The Morgan fingerprint density at radius 2 is 1.70 bits per heavy atom. The van der Waals surface area contributed by atoms with Crippen molar-refractivity contribution < 1.29 is 4.79 Å². The van der Waals surface area contributed by atoms with Gasteiger partial charge in [0, 0.05) is 15.6 Å². The van der Waals surface area contributed by atoms with Crippen LogP contribution < -0.4 is 5.32 Å². The van der Waals surface area contributed by atoms with Gasteiger partial charge in [-0.25, -0.2) is 4.98 Å². The molecule has 0 atom stereocenters. The Balaban J connectivity index is 1.69. The summed E-state index contributed by atoms with van der Waals surface area (Å²) in [7, 11) is 0. The molecule has 3 aromatic carbocycles. The lowest BCUT2D eigenvalue weighted by Gasteiger charge is -2.13. The molecule has 1 heterocycles. The molecule has 0 fully saturated rings. The molecule has 0 aliphatic rings. The molecule has 1 amide bonds. The van der Waals surface area contributed by atoms with Crippen LogP contribution in [0.3, 0.4) is 0 Å². The molecule has 0 bridgehead atoms. The van der Waals surface area contributed by atoms with Gasteiger partial charge < -0.3 is 5.32 Å². The molecule has 4 aromatic rings. The van der Waals surface area contributed by atoms with Gasteiger partial charge in [-0.3, -0.25) is 4.79 Å². The quantitative estimate of drug-likeness (QED) is 0.279. The number of carbonyl (C=O) groups is 1. The molecule has 33 heavy (non-hydrogen) atoms. The number of nitrogens with zero attached hydrogens (tertiary/aromatic N) is 2. The normalized spacial score (nSPS) is 10.5. The average Bonchev–Trinajstić information content (AvgIpc) is 2.84. The van der Waals surface area contributed by atoms with E-state index >= 15 is 0 Å². The van der Waals surface area contributed by atoms with Crippen molar-refractivity contribution in [2.45, 2.75) is 11.9 Å². The minimum absolute atomic E-state index is 0.134. The standard InChI is InChI=1S/C27H20BrN3OS/c1-18-11-13-20(14-12-18)25-15-21(19-7-3-2-4-8-19)22(16-29)27(31-25)33-17-26(32)30-24-10-6-5-9-23(24)28/h2-15H,17H2,1H3,(H,30,32). The highest BCUT2D eigenvalue weighted by Gasteiger charge is 2.17. The van der Waals surface area contributed by atoms with Crippen LogP contribution >= 0.6 is 27.7 Å². The number of carbonyl (C=O) groups excluding carboxylic acids is 1. The van der Waals surface area contributed by atoms with Crippen LogP contribution in [0.25, 0.3) is 22.4 Å². The lowest BCUT2D eigenvalue weighted by molar-refractivity contribution is -0.113. The summed E-state index contributed by atoms with van der Waals surface area (Å²) in [5.74, 6) is -0.0335. The Kier molecular flexibility index (Phi) is 7.23. The summed E-state index contributed by atoms with van der Waals surface area (Å²) in [4.78, 5) is 17.4. The number of halogens is 1. The van der Waals surface area contributed by atoms with Gasteiger partial charge in [-0.05, 0) is 46.6 Å². The predicted molar refractivity (Wildman–Crippen MR) is 138 cm³/mol. The first kappa shape index (κ1) is 22.8.